The highest BCUT2D eigenvalue weighted by Gasteiger charge is 2.16. The van der Waals surface area contributed by atoms with Crippen molar-refractivity contribution in [1.29, 1.82) is 0 Å². The van der Waals surface area contributed by atoms with Crippen molar-refractivity contribution >= 4 is 29.8 Å². The first-order valence-electron chi connectivity index (χ1n) is 8.10. The first-order valence-corrected chi connectivity index (χ1v) is 10.7. The van der Waals surface area contributed by atoms with Gasteiger partial charge in [0.2, 0.25) is 0 Å². The standard InChI is InChI=1S/C17H24N5OP/c1-21-8-10-22(11-9-21)17-12-16(18-13-19-17)20-14-4-6-15(7-5-14)24(2,3)23/h4-7,12-13H,8-11H2,1-3H3,(H,18,19,20). The van der Waals surface area contributed by atoms with Crippen molar-refractivity contribution in [3.8, 4) is 0 Å². The molecule has 0 saturated carbocycles. The van der Waals surface area contributed by atoms with Crippen LogP contribution in [0.25, 0.3) is 0 Å². The van der Waals surface area contributed by atoms with Crippen LogP contribution in [-0.4, -0.2) is 61.4 Å². The van der Waals surface area contributed by atoms with Gasteiger partial charge in [-0.15, -0.1) is 0 Å². The average Bonchev–Trinajstić information content (AvgIpc) is 2.55. The van der Waals surface area contributed by atoms with Crippen molar-refractivity contribution < 1.29 is 4.57 Å². The Hall–Kier alpha value is -1.91. The lowest BCUT2D eigenvalue weighted by Gasteiger charge is -2.33. The predicted molar refractivity (Wildman–Crippen MR) is 101 cm³/mol. The third-order valence-corrected chi connectivity index (χ3v) is 5.78. The van der Waals surface area contributed by atoms with Gasteiger partial charge in [0.05, 0.1) is 0 Å². The Balaban J connectivity index is 1.71. The van der Waals surface area contributed by atoms with Gasteiger partial charge in [-0.3, -0.25) is 0 Å². The number of anilines is 3. The summed E-state index contributed by atoms with van der Waals surface area (Å²) in [6.45, 7) is 7.60. The maximum atomic E-state index is 12.1. The van der Waals surface area contributed by atoms with E-state index in [0.29, 0.717) is 0 Å². The van der Waals surface area contributed by atoms with Crippen LogP contribution in [0.3, 0.4) is 0 Å². The molecule has 1 aromatic carbocycles. The summed E-state index contributed by atoms with van der Waals surface area (Å²) in [4.78, 5) is 13.3. The Labute approximate surface area is 143 Å². The Morgan fingerprint density at radius 1 is 1.04 bits per heavy atom. The molecule has 24 heavy (non-hydrogen) atoms. The van der Waals surface area contributed by atoms with Gasteiger partial charge in [-0.2, -0.15) is 0 Å². The summed E-state index contributed by atoms with van der Waals surface area (Å²) in [5.74, 6) is 1.71. The molecule has 1 N–H and O–H groups in total. The SMILES string of the molecule is CN1CCN(c2cc(Nc3ccc(P(C)(C)=O)cc3)ncn2)CC1. The van der Waals surface area contributed by atoms with E-state index in [1.807, 2.05) is 30.3 Å². The van der Waals surface area contributed by atoms with Crippen molar-refractivity contribution in [3.63, 3.8) is 0 Å². The van der Waals surface area contributed by atoms with Gasteiger partial charge in [0, 0.05) is 43.2 Å². The number of nitrogens with one attached hydrogen (secondary N) is 1. The molecule has 0 radical (unpaired) electrons. The molecular formula is C17H24N5OP. The van der Waals surface area contributed by atoms with E-state index in [1.54, 1.807) is 19.7 Å². The Morgan fingerprint density at radius 2 is 1.71 bits per heavy atom. The largest absolute Gasteiger partial charge is 0.354 e. The third kappa shape index (κ3) is 4.13. The molecule has 2 heterocycles. The average molecular weight is 345 g/mol. The number of benzene rings is 1. The van der Waals surface area contributed by atoms with E-state index < -0.39 is 7.14 Å². The van der Waals surface area contributed by atoms with Crippen LogP contribution in [0.4, 0.5) is 17.3 Å². The zero-order valence-electron chi connectivity index (χ0n) is 14.4. The highest BCUT2D eigenvalue weighted by Crippen LogP contribution is 2.34. The van der Waals surface area contributed by atoms with E-state index in [-0.39, 0.29) is 0 Å². The van der Waals surface area contributed by atoms with E-state index in [9.17, 15) is 4.57 Å². The molecule has 0 atom stereocenters. The minimum atomic E-state index is -2.22. The molecule has 6 nitrogen and oxygen atoms in total. The van der Waals surface area contributed by atoms with E-state index in [0.717, 1.165) is 48.8 Å². The molecule has 1 aromatic heterocycles. The maximum Gasteiger partial charge on any atom is 0.135 e. The summed E-state index contributed by atoms with van der Waals surface area (Å²) in [6.07, 6.45) is 1.59. The molecular weight excluding hydrogens is 321 g/mol. The smallest absolute Gasteiger partial charge is 0.135 e. The summed E-state index contributed by atoms with van der Waals surface area (Å²) < 4.78 is 12.1. The molecule has 0 spiro atoms. The summed E-state index contributed by atoms with van der Waals surface area (Å²) in [5, 5.41) is 4.18. The van der Waals surface area contributed by atoms with Gasteiger partial charge in [-0.1, -0.05) is 0 Å². The molecule has 1 aliphatic heterocycles. The van der Waals surface area contributed by atoms with E-state index >= 15 is 0 Å². The second kappa shape index (κ2) is 6.91. The van der Waals surface area contributed by atoms with Gasteiger partial charge in [0.15, 0.2) is 0 Å². The van der Waals surface area contributed by atoms with Crippen LogP contribution in [0.1, 0.15) is 0 Å². The molecule has 0 bridgehead atoms. The number of nitrogens with zero attached hydrogens (tertiary/aromatic N) is 4. The van der Waals surface area contributed by atoms with Gasteiger partial charge in [-0.25, -0.2) is 9.97 Å². The number of likely N-dealkylation sites (N-methyl/N-ethyl adjacent to an activating group) is 1. The van der Waals surface area contributed by atoms with Crippen LogP contribution < -0.4 is 15.5 Å². The van der Waals surface area contributed by atoms with Crippen LogP contribution >= 0.6 is 7.14 Å². The molecule has 0 aliphatic carbocycles. The van der Waals surface area contributed by atoms with E-state index in [1.165, 1.54) is 0 Å². The van der Waals surface area contributed by atoms with Crippen molar-refractivity contribution in [2.24, 2.45) is 0 Å². The van der Waals surface area contributed by atoms with Crippen molar-refractivity contribution in [2.75, 3.05) is 56.8 Å². The quantitative estimate of drug-likeness (QED) is 0.858. The molecule has 0 unspecified atom stereocenters. The molecule has 1 aliphatic rings. The lowest BCUT2D eigenvalue weighted by Crippen LogP contribution is -2.44. The Morgan fingerprint density at radius 3 is 2.33 bits per heavy atom. The van der Waals surface area contributed by atoms with Crippen LogP contribution in [0, 0.1) is 0 Å². The van der Waals surface area contributed by atoms with E-state index in [4.69, 9.17) is 0 Å². The highest BCUT2D eigenvalue weighted by molar-refractivity contribution is 7.70. The highest BCUT2D eigenvalue weighted by atomic mass is 31.2. The summed E-state index contributed by atoms with van der Waals surface area (Å²) in [5.41, 5.74) is 0.926. The number of aromatic nitrogens is 2. The number of rotatable bonds is 4. The molecule has 7 heteroatoms. The lowest BCUT2D eigenvalue weighted by molar-refractivity contribution is 0.312. The Bertz CT molecular complexity index is 735. The summed E-state index contributed by atoms with van der Waals surface area (Å²) >= 11 is 0. The molecule has 0 amide bonds. The number of piperazine rings is 1. The second-order valence-electron chi connectivity index (χ2n) is 6.57. The molecule has 1 saturated heterocycles. The zero-order valence-corrected chi connectivity index (χ0v) is 15.3. The summed E-state index contributed by atoms with van der Waals surface area (Å²) in [7, 11) is -0.0776. The third-order valence-electron chi connectivity index (χ3n) is 4.24. The first-order chi connectivity index (χ1) is 11.4. The topological polar surface area (TPSA) is 61.4 Å². The van der Waals surface area contributed by atoms with Crippen LogP contribution in [-0.2, 0) is 4.57 Å². The predicted octanol–water partition coefficient (Wildman–Crippen LogP) is 2.22. The number of hydrogen-bond donors (Lipinski definition) is 1. The van der Waals surface area contributed by atoms with E-state index in [2.05, 4.69) is 32.1 Å². The monoisotopic (exact) mass is 345 g/mol. The molecule has 2 aromatic rings. The van der Waals surface area contributed by atoms with Crippen LogP contribution in [0.2, 0.25) is 0 Å². The first kappa shape index (κ1) is 16.9. The fourth-order valence-electron chi connectivity index (χ4n) is 2.68. The van der Waals surface area contributed by atoms with Crippen molar-refractivity contribution in [2.45, 2.75) is 0 Å². The van der Waals surface area contributed by atoms with Gasteiger partial charge >= 0.3 is 0 Å². The normalized spacial score (nSPS) is 16.2. The molecule has 128 valence electrons. The van der Waals surface area contributed by atoms with Gasteiger partial charge in [0.1, 0.15) is 25.1 Å². The summed E-state index contributed by atoms with van der Waals surface area (Å²) in [6, 6.07) is 9.67. The van der Waals surface area contributed by atoms with Gasteiger partial charge in [0.25, 0.3) is 0 Å². The van der Waals surface area contributed by atoms with Crippen LogP contribution in [0.5, 0.6) is 0 Å². The molecule has 1 fully saturated rings. The fourth-order valence-corrected chi connectivity index (χ4v) is 3.54. The van der Waals surface area contributed by atoms with Crippen molar-refractivity contribution in [1.82, 2.24) is 14.9 Å². The minimum absolute atomic E-state index is 0.767. The maximum absolute atomic E-state index is 12.1. The fraction of sp³-hybridized carbons (Fsp3) is 0.412. The van der Waals surface area contributed by atoms with Gasteiger partial charge in [-0.05, 0) is 44.6 Å². The zero-order chi connectivity index (χ0) is 17.2. The number of hydrogen-bond acceptors (Lipinski definition) is 6. The van der Waals surface area contributed by atoms with Gasteiger partial charge < -0.3 is 19.7 Å². The van der Waals surface area contributed by atoms with Crippen molar-refractivity contribution in [3.05, 3.63) is 36.7 Å². The Kier molecular flexibility index (Phi) is 4.88. The molecule has 3 rings (SSSR count). The van der Waals surface area contributed by atoms with Crippen LogP contribution in [0.15, 0.2) is 36.7 Å². The second-order valence-corrected chi connectivity index (χ2v) is 9.79. The lowest BCUT2D eigenvalue weighted by atomic mass is 10.3. The minimum Gasteiger partial charge on any atom is -0.354 e.